The Morgan fingerprint density at radius 2 is 1.68 bits per heavy atom. The average Bonchev–Trinajstić information content (AvgIpc) is 2.71. The highest BCUT2D eigenvalue weighted by molar-refractivity contribution is 6.33. The Balaban J connectivity index is 1.90. The van der Waals surface area contributed by atoms with Gasteiger partial charge >= 0.3 is 12.6 Å². The summed E-state index contributed by atoms with van der Waals surface area (Å²) in [6.45, 7) is -0.129. The first kappa shape index (κ1) is 24.1. The van der Waals surface area contributed by atoms with Gasteiger partial charge in [0.1, 0.15) is 11.8 Å². The van der Waals surface area contributed by atoms with Crippen LogP contribution in [0.15, 0.2) is 48.5 Å². The molecular formula is C21H21ClF2N2O5. The fourth-order valence-corrected chi connectivity index (χ4v) is 2.73. The molecule has 2 aromatic carbocycles. The lowest BCUT2D eigenvalue weighted by atomic mass is 10.0. The van der Waals surface area contributed by atoms with Gasteiger partial charge in [-0.15, -0.1) is 0 Å². The molecule has 0 unspecified atom stereocenters. The maximum absolute atomic E-state index is 12.4. The van der Waals surface area contributed by atoms with Gasteiger partial charge < -0.3 is 20.1 Å². The van der Waals surface area contributed by atoms with Crippen LogP contribution >= 0.6 is 11.6 Å². The van der Waals surface area contributed by atoms with Gasteiger partial charge in [0.2, 0.25) is 0 Å². The van der Waals surface area contributed by atoms with E-state index in [-0.39, 0.29) is 22.3 Å². The van der Waals surface area contributed by atoms with Gasteiger partial charge in [-0.2, -0.15) is 8.78 Å². The molecule has 166 valence electrons. The van der Waals surface area contributed by atoms with Crippen LogP contribution in [-0.2, 0) is 14.3 Å². The lowest BCUT2D eigenvalue weighted by molar-refractivity contribution is -0.150. The highest BCUT2D eigenvalue weighted by atomic mass is 35.5. The summed E-state index contributed by atoms with van der Waals surface area (Å²) in [6, 6.07) is 10.6. The molecule has 2 amide bonds. The van der Waals surface area contributed by atoms with Crippen LogP contribution in [0.5, 0.6) is 5.75 Å². The van der Waals surface area contributed by atoms with E-state index in [1.165, 1.54) is 30.3 Å². The molecule has 0 radical (unpaired) electrons. The highest BCUT2D eigenvalue weighted by Gasteiger charge is 2.27. The van der Waals surface area contributed by atoms with Crippen LogP contribution in [0.3, 0.4) is 0 Å². The first-order valence-electron chi connectivity index (χ1n) is 9.24. The molecule has 0 heterocycles. The first-order valence-corrected chi connectivity index (χ1v) is 9.62. The minimum Gasteiger partial charge on any atom is -0.454 e. The van der Waals surface area contributed by atoms with Gasteiger partial charge in [-0.05, 0) is 42.3 Å². The summed E-state index contributed by atoms with van der Waals surface area (Å²) in [4.78, 5) is 36.8. The van der Waals surface area contributed by atoms with Crippen LogP contribution in [0, 0.1) is 5.92 Å². The molecule has 0 aliphatic carbocycles. The summed E-state index contributed by atoms with van der Waals surface area (Å²) in [6.07, 6.45) is 0. The Hall–Kier alpha value is -3.20. The van der Waals surface area contributed by atoms with Gasteiger partial charge in [0.05, 0.1) is 10.6 Å². The third-order valence-corrected chi connectivity index (χ3v) is 4.36. The molecule has 0 spiro atoms. The van der Waals surface area contributed by atoms with Crippen molar-refractivity contribution in [3.8, 4) is 5.75 Å². The number of rotatable bonds is 9. The van der Waals surface area contributed by atoms with E-state index >= 15 is 0 Å². The van der Waals surface area contributed by atoms with Gasteiger partial charge in [0.15, 0.2) is 6.61 Å². The molecule has 0 bridgehead atoms. The molecule has 2 rings (SSSR count). The Labute approximate surface area is 182 Å². The predicted molar refractivity (Wildman–Crippen MR) is 110 cm³/mol. The van der Waals surface area contributed by atoms with Crippen LogP contribution in [-0.4, -0.2) is 37.0 Å². The SMILES string of the molecule is CC(C)[C@@H](NC(=O)c1ccccc1Cl)C(=O)OCC(=O)Nc1ccc(OC(F)F)cc1. The van der Waals surface area contributed by atoms with Gasteiger partial charge in [-0.25, -0.2) is 4.79 Å². The summed E-state index contributed by atoms with van der Waals surface area (Å²) in [5.74, 6) is -2.35. The van der Waals surface area contributed by atoms with Crippen molar-refractivity contribution in [1.82, 2.24) is 5.32 Å². The number of amides is 2. The smallest absolute Gasteiger partial charge is 0.387 e. The molecular weight excluding hydrogens is 434 g/mol. The minimum atomic E-state index is -2.95. The van der Waals surface area contributed by atoms with Crippen molar-refractivity contribution in [3.05, 3.63) is 59.1 Å². The molecule has 0 aromatic heterocycles. The average molecular weight is 455 g/mol. The molecule has 0 aliphatic heterocycles. The molecule has 31 heavy (non-hydrogen) atoms. The molecule has 2 N–H and O–H groups in total. The van der Waals surface area contributed by atoms with E-state index in [2.05, 4.69) is 15.4 Å². The highest BCUT2D eigenvalue weighted by Crippen LogP contribution is 2.18. The molecule has 2 aromatic rings. The summed E-state index contributed by atoms with van der Waals surface area (Å²) in [5.41, 5.74) is 0.509. The summed E-state index contributed by atoms with van der Waals surface area (Å²) in [5, 5.41) is 5.26. The van der Waals surface area contributed by atoms with E-state index in [4.69, 9.17) is 16.3 Å². The number of alkyl halides is 2. The Bertz CT molecular complexity index is 922. The number of benzene rings is 2. The zero-order valence-corrected chi connectivity index (χ0v) is 17.5. The van der Waals surface area contributed by atoms with Crippen molar-refractivity contribution in [2.75, 3.05) is 11.9 Å². The second-order valence-electron chi connectivity index (χ2n) is 6.73. The zero-order valence-electron chi connectivity index (χ0n) is 16.7. The molecule has 10 heteroatoms. The number of hydrogen-bond donors (Lipinski definition) is 2. The van der Waals surface area contributed by atoms with Crippen molar-refractivity contribution >= 4 is 35.1 Å². The first-order chi connectivity index (χ1) is 14.7. The Morgan fingerprint density at radius 1 is 1.03 bits per heavy atom. The number of nitrogens with one attached hydrogen (secondary N) is 2. The van der Waals surface area contributed by atoms with Crippen molar-refractivity contribution in [3.63, 3.8) is 0 Å². The standard InChI is InChI=1S/C21H21ClF2N2O5/c1-12(2)18(26-19(28)15-5-3-4-6-16(15)22)20(29)30-11-17(27)25-13-7-9-14(10-8-13)31-21(23)24/h3-10,12,18,21H,11H2,1-2H3,(H,25,27)(H,26,28)/t18-/m1/s1. The number of hydrogen-bond acceptors (Lipinski definition) is 5. The maximum Gasteiger partial charge on any atom is 0.387 e. The number of halogens is 3. The zero-order chi connectivity index (χ0) is 23.0. The Kier molecular flexibility index (Phi) is 8.75. The fourth-order valence-electron chi connectivity index (χ4n) is 2.51. The maximum atomic E-state index is 12.4. The lowest BCUT2D eigenvalue weighted by Crippen LogP contribution is -2.46. The summed E-state index contributed by atoms with van der Waals surface area (Å²) in [7, 11) is 0. The number of carbonyl (C=O) groups excluding carboxylic acids is 3. The number of esters is 1. The monoisotopic (exact) mass is 454 g/mol. The molecule has 1 atom stereocenters. The van der Waals surface area contributed by atoms with Crippen LogP contribution in [0.2, 0.25) is 5.02 Å². The van der Waals surface area contributed by atoms with Crippen LogP contribution in [0.4, 0.5) is 14.5 Å². The van der Waals surface area contributed by atoms with Crippen molar-refractivity contribution in [2.24, 2.45) is 5.92 Å². The van der Waals surface area contributed by atoms with Gasteiger partial charge in [0.25, 0.3) is 11.8 Å². The van der Waals surface area contributed by atoms with E-state index in [9.17, 15) is 23.2 Å². The predicted octanol–water partition coefficient (Wildman–Crippen LogP) is 3.88. The van der Waals surface area contributed by atoms with Crippen molar-refractivity contribution in [1.29, 1.82) is 0 Å². The largest absolute Gasteiger partial charge is 0.454 e. The Morgan fingerprint density at radius 3 is 2.26 bits per heavy atom. The van der Waals surface area contributed by atoms with Crippen LogP contribution < -0.4 is 15.4 Å². The number of ether oxygens (including phenoxy) is 2. The van der Waals surface area contributed by atoms with Gasteiger partial charge in [-0.3, -0.25) is 9.59 Å². The molecule has 7 nitrogen and oxygen atoms in total. The molecule has 0 aliphatic rings. The van der Waals surface area contributed by atoms with Gasteiger partial charge in [0, 0.05) is 5.69 Å². The number of anilines is 1. The number of carbonyl (C=O) groups is 3. The lowest BCUT2D eigenvalue weighted by Gasteiger charge is -2.21. The third kappa shape index (κ3) is 7.53. The molecule has 0 fully saturated rings. The molecule has 0 saturated carbocycles. The minimum absolute atomic E-state index is 0.0616. The third-order valence-electron chi connectivity index (χ3n) is 4.03. The van der Waals surface area contributed by atoms with E-state index in [1.807, 2.05) is 0 Å². The normalized spacial score (nSPS) is 11.7. The van der Waals surface area contributed by atoms with Crippen LogP contribution in [0.1, 0.15) is 24.2 Å². The van der Waals surface area contributed by atoms with Gasteiger partial charge in [-0.1, -0.05) is 37.6 Å². The summed E-state index contributed by atoms with van der Waals surface area (Å²) < 4.78 is 33.5. The van der Waals surface area contributed by atoms with Crippen molar-refractivity contribution in [2.45, 2.75) is 26.5 Å². The quantitative estimate of drug-likeness (QED) is 0.561. The second-order valence-corrected chi connectivity index (χ2v) is 7.14. The topological polar surface area (TPSA) is 93.7 Å². The van der Waals surface area contributed by atoms with E-state index in [1.54, 1.807) is 32.0 Å². The van der Waals surface area contributed by atoms with E-state index < -0.39 is 37.0 Å². The fraction of sp³-hybridized carbons (Fsp3) is 0.286. The van der Waals surface area contributed by atoms with E-state index in [0.717, 1.165) is 0 Å². The van der Waals surface area contributed by atoms with Crippen molar-refractivity contribution < 1.29 is 32.6 Å². The molecule has 0 saturated heterocycles. The summed E-state index contributed by atoms with van der Waals surface area (Å²) >= 11 is 6.00. The van der Waals surface area contributed by atoms with Crippen LogP contribution in [0.25, 0.3) is 0 Å². The van der Waals surface area contributed by atoms with E-state index in [0.29, 0.717) is 5.69 Å². The second kappa shape index (κ2) is 11.3.